The van der Waals surface area contributed by atoms with Crippen molar-refractivity contribution in [1.82, 2.24) is 14.7 Å². The highest BCUT2D eigenvalue weighted by molar-refractivity contribution is 5.81. The van der Waals surface area contributed by atoms with Gasteiger partial charge in [0.15, 0.2) is 0 Å². The predicted octanol–water partition coefficient (Wildman–Crippen LogP) is 1.37. The van der Waals surface area contributed by atoms with Gasteiger partial charge in [-0.2, -0.15) is 0 Å². The molecule has 7 heteroatoms. The molecule has 2 atom stereocenters. The van der Waals surface area contributed by atoms with Crippen molar-refractivity contribution in [3.8, 4) is 5.75 Å². The summed E-state index contributed by atoms with van der Waals surface area (Å²) in [5.41, 5.74) is 1.14. The number of likely N-dealkylation sites (tertiary alicyclic amines) is 2. The van der Waals surface area contributed by atoms with Crippen LogP contribution in [0.5, 0.6) is 5.75 Å². The van der Waals surface area contributed by atoms with Gasteiger partial charge in [0.1, 0.15) is 12.4 Å². The van der Waals surface area contributed by atoms with Gasteiger partial charge in [-0.1, -0.05) is 18.2 Å². The molecule has 0 N–H and O–H groups in total. The van der Waals surface area contributed by atoms with Crippen LogP contribution in [0.2, 0.25) is 0 Å². The Bertz CT molecular complexity index is 794. The fourth-order valence-corrected chi connectivity index (χ4v) is 5.32. The molecule has 1 aromatic carbocycles. The molecular weight excluding hydrogens is 382 g/mol. The van der Waals surface area contributed by atoms with Crippen molar-refractivity contribution in [2.75, 3.05) is 52.5 Å². The number of carbonyl (C=O) groups excluding carboxylic acids is 2. The number of benzene rings is 1. The maximum absolute atomic E-state index is 13.0. The summed E-state index contributed by atoms with van der Waals surface area (Å²) >= 11 is 0. The van der Waals surface area contributed by atoms with E-state index in [9.17, 15) is 9.59 Å². The smallest absolute Gasteiger partial charge is 0.236 e. The molecule has 0 bridgehead atoms. The lowest BCUT2D eigenvalue weighted by Gasteiger charge is -2.54. The maximum atomic E-state index is 13.0. The van der Waals surface area contributed by atoms with Crippen LogP contribution in [0.4, 0.5) is 0 Å². The van der Waals surface area contributed by atoms with E-state index in [4.69, 9.17) is 9.47 Å². The minimum atomic E-state index is 0.132. The first-order valence-corrected chi connectivity index (χ1v) is 11.3. The van der Waals surface area contributed by atoms with Crippen molar-refractivity contribution < 1.29 is 19.1 Å². The molecule has 162 valence electrons. The first-order chi connectivity index (χ1) is 14.7. The normalized spacial score (nSPS) is 27.3. The minimum Gasteiger partial charge on any atom is -0.492 e. The van der Waals surface area contributed by atoms with Crippen LogP contribution in [0.1, 0.15) is 24.8 Å². The summed E-state index contributed by atoms with van der Waals surface area (Å²) in [5, 5.41) is 0. The molecular formula is C23H31N3O4. The Hall–Kier alpha value is -2.12. The molecule has 4 aliphatic heterocycles. The quantitative estimate of drug-likeness (QED) is 0.749. The molecule has 4 aliphatic rings. The fourth-order valence-electron chi connectivity index (χ4n) is 5.32. The standard InChI is InChI=1S/C23H31N3O4/c27-22(16-24-9-12-30-21-4-2-1-3-18(21)13-24)25-8-5-20-19(14-25)15-26(20)23(28)17-6-10-29-11-7-17/h1-4,17,19-20H,5-16H2/t19-,20-/m0/s1. The number of para-hydroxylation sites is 1. The molecule has 5 rings (SSSR count). The number of rotatable bonds is 3. The molecule has 1 aromatic rings. The summed E-state index contributed by atoms with van der Waals surface area (Å²) in [5.74, 6) is 1.99. The molecule has 0 unspecified atom stereocenters. The molecule has 2 amide bonds. The second-order valence-corrected chi connectivity index (χ2v) is 9.00. The third-order valence-electron chi connectivity index (χ3n) is 7.12. The van der Waals surface area contributed by atoms with Crippen molar-refractivity contribution >= 4 is 11.8 Å². The fraction of sp³-hybridized carbons (Fsp3) is 0.652. The van der Waals surface area contributed by atoms with Gasteiger partial charge in [-0.25, -0.2) is 0 Å². The Morgan fingerprint density at radius 3 is 2.67 bits per heavy atom. The summed E-state index contributed by atoms with van der Waals surface area (Å²) in [4.78, 5) is 32.1. The van der Waals surface area contributed by atoms with E-state index >= 15 is 0 Å². The van der Waals surface area contributed by atoms with Crippen LogP contribution in [0.3, 0.4) is 0 Å². The van der Waals surface area contributed by atoms with Gasteiger partial charge in [0.05, 0.1) is 6.54 Å². The topological polar surface area (TPSA) is 62.3 Å². The van der Waals surface area contributed by atoms with E-state index in [0.29, 0.717) is 44.2 Å². The molecule has 3 saturated heterocycles. The van der Waals surface area contributed by atoms with Crippen molar-refractivity contribution in [1.29, 1.82) is 0 Å². The van der Waals surface area contributed by atoms with Crippen molar-refractivity contribution in [2.24, 2.45) is 11.8 Å². The first-order valence-electron chi connectivity index (χ1n) is 11.3. The zero-order chi connectivity index (χ0) is 20.5. The van der Waals surface area contributed by atoms with E-state index in [-0.39, 0.29) is 11.8 Å². The van der Waals surface area contributed by atoms with Crippen LogP contribution in [-0.2, 0) is 20.9 Å². The van der Waals surface area contributed by atoms with E-state index in [1.165, 1.54) is 0 Å². The highest BCUT2D eigenvalue weighted by atomic mass is 16.5. The molecule has 0 aromatic heterocycles. The van der Waals surface area contributed by atoms with Crippen molar-refractivity contribution in [3.05, 3.63) is 29.8 Å². The van der Waals surface area contributed by atoms with E-state index < -0.39 is 0 Å². The van der Waals surface area contributed by atoms with Gasteiger partial charge in [-0.3, -0.25) is 14.5 Å². The molecule has 0 saturated carbocycles. The summed E-state index contributed by atoms with van der Waals surface area (Å²) in [6.45, 7) is 6.27. The molecule has 3 fully saturated rings. The van der Waals surface area contributed by atoms with E-state index in [2.05, 4.69) is 15.9 Å². The minimum absolute atomic E-state index is 0.132. The molecule has 0 spiro atoms. The van der Waals surface area contributed by atoms with Gasteiger partial charge >= 0.3 is 0 Å². The predicted molar refractivity (Wildman–Crippen MR) is 111 cm³/mol. The summed E-state index contributed by atoms with van der Waals surface area (Å²) in [7, 11) is 0. The number of nitrogens with zero attached hydrogens (tertiary/aromatic N) is 3. The Balaban J connectivity index is 1.13. The zero-order valence-corrected chi connectivity index (χ0v) is 17.5. The molecule has 0 radical (unpaired) electrons. The van der Waals surface area contributed by atoms with Crippen LogP contribution >= 0.6 is 0 Å². The Labute approximate surface area is 177 Å². The molecule has 4 heterocycles. The second kappa shape index (κ2) is 8.55. The summed E-state index contributed by atoms with van der Waals surface area (Å²) < 4.78 is 11.2. The lowest BCUT2D eigenvalue weighted by Crippen LogP contribution is -2.66. The zero-order valence-electron chi connectivity index (χ0n) is 17.5. The van der Waals surface area contributed by atoms with Gasteiger partial charge in [-0.15, -0.1) is 0 Å². The number of amides is 2. The molecule has 0 aliphatic carbocycles. The van der Waals surface area contributed by atoms with Crippen molar-refractivity contribution in [3.63, 3.8) is 0 Å². The maximum Gasteiger partial charge on any atom is 0.236 e. The van der Waals surface area contributed by atoms with Gasteiger partial charge in [0.2, 0.25) is 11.8 Å². The lowest BCUT2D eigenvalue weighted by molar-refractivity contribution is -0.158. The van der Waals surface area contributed by atoms with E-state index in [0.717, 1.165) is 63.3 Å². The molecule has 30 heavy (non-hydrogen) atoms. The number of hydrogen-bond acceptors (Lipinski definition) is 5. The van der Waals surface area contributed by atoms with Gasteiger partial charge in [0, 0.05) is 69.4 Å². The number of carbonyl (C=O) groups is 2. The Morgan fingerprint density at radius 2 is 1.83 bits per heavy atom. The third kappa shape index (κ3) is 3.93. The largest absolute Gasteiger partial charge is 0.492 e. The van der Waals surface area contributed by atoms with Crippen LogP contribution in [-0.4, -0.2) is 85.1 Å². The van der Waals surface area contributed by atoms with Crippen molar-refractivity contribution in [2.45, 2.75) is 31.8 Å². The van der Waals surface area contributed by atoms with E-state index in [1.807, 2.05) is 23.1 Å². The number of fused-ring (bicyclic) bond motifs is 2. The van der Waals surface area contributed by atoms with Gasteiger partial charge in [-0.05, 0) is 25.3 Å². The van der Waals surface area contributed by atoms with Gasteiger partial charge < -0.3 is 19.3 Å². The SMILES string of the molecule is O=C(CN1CCOc2ccccc2C1)N1CC[C@H]2[C@@H](C1)CN2C(=O)C1CCOCC1. The summed E-state index contributed by atoms with van der Waals surface area (Å²) in [6, 6.07) is 8.39. The van der Waals surface area contributed by atoms with Gasteiger partial charge in [0.25, 0.3) is 0 Å². The van der Waals surface area contributed by atoms with E-state index in [1.54, 1.807) is 0 Å². The third-order valence-corrected chi connectivity index (χ3v) is 7.12. The Kier molecular flexibility index (Phi) is 5.65. The monoisotopic (exact) mass is 413 g/mol. The average molecular weight is 414 g/mol. The summed E-state index contributed by atoms with van der Waals surface area (Å²) in [6.07, 6.45) is 2.59. The Morgan fingerprint density at radius 1 is 1.00 bits per heavy atom. The number of piperidine rings is 1. The van der Waals surface area contributed by atoms with Crippen LogP contribution < -0.4 is 4.74 Å². The second-order valence-electron chi connectivity index (χ2n) is 9.00. The first kappa shape index (κ1) is 19.8. The lowest BCUT2D eigenvalue weighted by atomic mass is 9.81. The highest BCUT2D eigenvalue weighted by Crippen LogP contribution is 2.35. The highest BCUT2D eigenvalue weighted by Gasteiger charge is 2.47. The van der Waals surface area contributed by atoms with Crippen LogP contribution in [0.25, 0.3) is 0 Å². The molecule has 7 nitrogen and oxygen atoms in total. The number of ether oxygens (including phenoxy) is 2. The van der Waals surface area contributed by atoms with Crippen LogP contribution in [0.15, 0.2) is 24.3 Å². The van der Waals surface area contributed by atoms with Crippen LogP contribution in [0, 0.1) is 11.8 Å². The average Bonchev–Trinajstić information content (AvgIpc) is 2.96. The number of hydrogen-bond donors (Lipinski definition) is 0.